The number of carbonyl (C=O) groups is 1. The van der Waals surface area contributed by atoms with Crippen LogP contribution in [0.25, 0.3) is 0 Å². The molecule has 2 atom stereocenters. The van der Waals surface area contributed by atoms with Crippen molar-refractivity contribution in [1.29, 1.82) is 0 Å². The molecule has 0 bridgehead atoms. The number of ether oxygens (including phenoxy) is 1. The lowest BCUT2D eigenvalue weighted by molar-refractivity contribution is -0.144. The van der Waals surface area contributed by atoms with E-state index in [9.17, 15) is 4.79 Å². The zero-order chi connectivity index (χ0) is 9.54. The molecule has 5 heteroatoms. The Morgan fingerprint density at radius 3 is 2.87 bits per heavy atom. The van der Waals surface area contributed by atoms with E-state index in [1.54, 1.807) is 0 Å². The highest BCUT2D eigenvalue weighted by Crippen LogP contribution is 2.33. The Hall–Kier alpha value is -0.320. The molecule has 0 aromatic rings. The van der Waals surface area contributed by atoms with Gasteiger partial charge in [0.25, 0.3) is 0 Å². The van der Waals surface area contributed by atoms with Crippen LogP contribution in [0.5, 0.6) is 0 Å². The fraction of sp³-hybridized carbons (Fsp3) is 0.900. The molecule has 86 valence electrons. The second-order valence-corrected chi connectivity index (χ2v) is 4.44. The average molecular weight is 233 g/mol. The van der Waals surface area contributed by atoms with Crippen molar-refractivity contribution in [2.24, 2.45) is 5.92 Å². The van der Waals surface area contributed by atoms with Crippen LogP contribution in [-0.4, -0.2) is 49.2 Å². The topological polar surface area (TPSA) is 41.6 Å². The van der Waals surface area contributed by atoms with Crippen LogP contribution < -0.4 is 5.32 Å². The molecule has 2 heterocycles. The van der Waals surface area contributed by atoms with Gasteiger partial charge in [0.05, 0.1) is 18.8 Å². The minimum atomic E-state index is 0. The van der Waals surface area contributed by atoms with E-state index in [0.717, 1.165) is 32.5 Å². The summed E-state index contributed by atoms with van der Waals surface area (Å²) in [6, 6.07) is 0.303. The SMILES string of the molecule is Cl.O=C(C1CC1)N1CCO[C@H]2CNC[C@H]21. The van der Waals surface area contributed by atoms with Crippen molar-refractivity contribution in [3.05, 3.63) is 0 Å². The Bertz CT molecular complexity index is 258. The third-order valence-corrected chi connectivity index (χ3v) is 3.40. The minimum Gasteiger partial charge on any atom is -0.373 e. The molecule has 2 aliphatic heterocycles. The van der Waals surface area contributed by atoms with Crippen LogP contribution in [0.2, 0.25) is 0 Å². The quantitative estimate of drug-likeness (QED) is 0.693. The van der Waals surface area contributed by atoms with Gasteiger partial charge in [-0.3, -0.25) is 4.79 Å². The van der Waals surface area contributed by atoms with Crippen molar-refractivity contribution in [2.45, 2.75) is 25.0 Å². The number of carbonyl (C=O) groups excluding carboxylic acids is 1. The summed E-state index contributed by atoms with van der Waals surface area (Å²) in [5.74, 6) is 0.710. The molecular formula is C10H17ClN2O2. The molecule has 15 heavy (non-hydrogen) atoms. The maximum absolute atomic E-state index is 11.9. The zero-order valence-electron chi connectivity index (χ0n) is 8.65. The number of amides is 1. The largest absolute Gasteiger partial charge is 0.373 e. The molecule has 1 aliphatic carbocycles. The first kappa shape index (κ1) is 11.2. The van der Waals surface area contributed by atoms with Crippen molar-refractivity contribution in [2.75, 3.05) is 26.2 Å². The van der Waals surface area contributed by atoms with Crippen molar-refractivity contribution in [1.82, 2.24) is 10.2 Å². The predicted octanol–water partition coefficient (Wildman–Crippen LogP) is 0.0174. The molecular weight excluding hydrogens is 216 g/mol. The van der Waals surface area contributed by atoms with Crippen molar-refractivity contribution in [3.63, 3.8) is 0 Å². The second-order valence-electron chi connectivity index (χ2n) is 4.44. The van der Waals surface area contributed by atoms with Crippen molar-refractivity contribution in [3.8, 4) is 0 Å². The van der Waals surface area contributed by atoms with E-state index in [1.807, 2.05) is 4.90 Å². The number of halogens is 1. The van der Waals surface area contributed by atoms with E-state index in [0.29, 0.717) is 24.5 Å². The number of nitrogens with zero attached hydrogens (tertiary/aromatic N) is 1. The number of morpholine rings is 1. The summed E-state index contributed by atoms with van der Waals surface area (Å²) >= 11 is 0. The molecule has 1 amide bonds. The Balaban J connectivity index is 0.000000853. The standard InChI is InChI=1S/C10H16N2O2.ClH/c13-10(7-1-2-7)12-3-4-14-9-6-11-5-8(9)12;/h7-9,11H,1-6H2;1H/t8-,9+;/m1./s1. The lowest BCUT2D eigenvalue weighted by Crippen LogP contribution is -2.53. The lowest BCUT2D eigenvalue weighted by atomic mass is 10.1. The zero-order valence-corrected chi connectivity index (χ0v) is 9.46. The molecule has 3 rings (SSSR count). The van der Waals surface area contributed by atoms with Gasteiger partial charge in [-0.1, -0.05) is 0 Å². The van der Waals surface area contributed by atoms with Crippen LogP contribution in [0, 0.1) is 5.92 Å². The molecule has 0 spiro atoms. The summed E-state index contributed by atoms with van der Waals surface area (Å²) in [6.45, 7) is 3.31. The van der Waals surface area contributed by atoms with Gasteiger partial charge in [0.2, 0.25) is 5.91 Å². The van der Waals surface area contributed by atoms with Gasteiger partial charge in [-0.05, 0) is 12.8 Å². The molecule has 1 saturated carbocycles. The van der Waals surface area contributed by atoms with Gasteiger partial charge in [-0.15, -0.1) is 12.4 Å². The van der Waals surface area contributed by atoms with Crippen LogP contribution in [0.4, 0.5) is 0 Å². The van der Waals surface area contributed by atoms with Gasteiger partial charge in [-0.2, -0.15) is 0 Å². The molecule has 0 aromatic heterocycles. The molecule has 0 unspecified atom stereocenters. The normalized spacial score (nSPS) is 34.5. The summed E-state index contributed by atoms with van der Waals surface area (Å²) < 4.78 is 5.63. The third-order valence-electron chi connectivity index (χ3n) is 3.40. The van der Waals surface area contributed by atoms with Crippen LogP contribution in [0.1, 0.15) is 12.8 Å². The number of hydrogen-bond acceptors (Lipinski definition) is 3. The van der Waals surface area contributed by atoms with Gasteiger partial charge in [-0.25, -0.2) is 0 Å². The van der Waals surface area contributed by atoms with Gasteiger partial charge in [0.15, 0.2) is 0 Å². The summed E-state index contributed by atoms with van der Waals surface area (Å²) in [4.78, 5) is 14.0. The van der Waals surface area contributed by atoms with E-state index >= 15 is 0 Å². The molecule has 3 aliphatic rings. The van der Waals surface area contributed by atoms with Crippen LogP contribution in [0.3, 0.4) is 0 Å². The predicted molar refractivity (Wildman–Crippen MR) is 58.1 cm³/mol. The van der Waals surface area contributed by atoms with Gasteiger partial charge in [0.1, 0.15) is 0 Å². The summed E-state index contributed by atoms with van der Waals surface area (Å²) in [6.07, 6.45) is 2.44. The van der Waals surface area contributed by atoms with Crippen LogP contribution >= 0.6 is 12.4 Å². The smallest absolute Gasteiger partial charge is 0.226 e. The molecule has 1 N–H and O–H groups in total. The Morgan fingerprint density at radius 2 is 2.13 bits per heavy atom. The van der Waals surface area contributed by atoms with Gasteiger partial charge < -0.3 is 15.0 Å². The number of nitrogens with one attached hydrogen (secondary N) is 1. The lowest BCUT2D eigenvalue weighted by Gasteiger charge is -2.37. The number of fused-ring (bicyclic) bond motifs is 1. The van der Waals surface area contributed by atoms with Crippen LogP contribution in [0.15, 0.2) is 0 Å². The van der Waals surface area contributed by atoms with E-state index in [4.69, 9.17) is 4.74 Å². The van der Waals surface area contributed by atoms with Crippen molar-refractivity contribution >= 4 is 18.3 Å². The second kappa shape index (κ2) is 4.28. The highest BCUT2D eigenvalue weighted by atomic mass is 35.5. The van der Waals surface area contributed by atoms with E-state index in [1.165, 1.54) is 0 Å². The summed E-state index contributed by atoms with van der Waals surface area (Å²) in [7, 11) is 0. The Labute approximate surface area is 95.7 Å². The molecule has 2 saturated heterocycles. The van der Waals surface area contributed by atoms with Gasteiger partial charge >= 0.3 is 0 Å². The first-order valence-corrected chi connectivity index (χ1v) is 5.49. The third kappa shape index (κ3) is 1.98. The fourth-order valence-electron chi connectivity index (χ4n) is 2.43. The molecule has 0 aromatic carbocycles. The first-order chi connectivity index (χ1) is 6.86. The van der Waals surface area contributed by atoms with Crippen molar-refractivity contribution < 1.29 is 9.53 Å². The van der Waals surface area contributed by atoms with E-state index in [2.05, 4.69) is 5.32 Å². The van der Waals surface area contributed by atoms with Gasteiger partial charge in [0, 0.05) is 25.6 Å². The summed E-state index contributed by atoms with van der Waals surface area (Å²) in [5.41, 5.74) is 0. The molecule has 4 nitrogen and oxygen atoms in total. The maximum atomic E-state index is 11.9. The first-order valence-electron chi connectivity index (χ1n) is 5.49. The number of hydrogen-bond donors (Lipinski definition) is 1. The highest BCUT2D eigenvalue weighted by molar-refractivity contribution is 5.85. The van der Waals surface area contributed by atoms with E-state index < -0.39 is 0 Å². The summed E-state index contributed by atoms with van der Waals surface area (Å²) in [5, 5.41) is 3.29. The monoisotopic (exact) mass is 232 g/mol. The van der Waals surface area contributed by atoms with Crippen LogP contribution in [-0.2, 0) is 9.53 Å². The Kier molecular flexibility index (Phi) is 3.19. The number of rotatable bonds is 1. The fourth-order valence-corrected chi connectivity index (χ4v) is 2.43. The molecule has 3 fully saturated rings. The van der Waals surface area contributed by atoms with E-state index in [-0.39, 0.29) is 18.5 Å². The maximum Gasteiger partial charge on any atom is 0.226 e. The minimum absolute atomic E-state index is 0. The highest BCUT2D eigenvalue weighted by Gasteiger charge is 2.42. The Morgan fingerprint density at radius 1 is 1.33 bits per heavy atom. The molecule has 0 radical (unpaired) electrons. The average Bonchev–Trinajstić information content (AvgIpc) is 2.94.